The van der Waals surface area contributed by atoms with Gasteiger partial charge >= 0.3 is 0 Å². The lowest BCUT2D eigenvalue weighted by Crippen LogP contribution is -2.50. The smallest absolute Gasteiger partial charge is 0.220 e. The van der Waals surface area contributed by atoms with Gasteiger partial charge in [0.05, 0.1) is 18.8 Å². The number of amides is 1. The van der Waals surface area contributed by atoms with Crippen LogP contribution in [0.3, 0.4) is 0 Å². The van der Waals surface area contributed by atoms with Crippen molar-refractivity contribution in [1.29, 1.82) is 0 Å². The largest absolute Gasteiger partial charge is 0.394 e. The van der Waals surface area contributed by atoms with E-state index in [9.17, 15) is 20.1 Å². The van der Waals surface area contributed by atoms with E-state index in [2.05, 4.69) is 55.6 Å². The van der Waals surface area contributed by atoms with E-state index in [1.165, 1.54) is 109 Å². The van der Waals surface area contributed by atoms with E-state index < -0.39 is 18.2 Å². The molecule has 0 aliphatic heterocycles. The number of allylic oxidation sites excluding steroid dienone is 6. The maximum Gasteiger partial charge on any atom is 0.220 e. The van der Waals surface area contributed by atoms with Crippen molar-refractivity contribution >= 4 is 5.91 Å². The van der Waals surface area contributed by atoms with Crippen molar-refractivity contribution in [2.45, 2.75) is 218 Å². The number of carbonyl (C=O) groups excluding carboxylic acids is 1. The fraction of sp³-hybridized carbons (Fsp3) is 0.833. The highest BCUT2D eigenvalue weighted by molar-refractivity contribution is 5.76. The van der Waals surface area contributed by atoms with Gasteiger partial charge in [-0.2, -0.15) is 0 Å². The number of unbranched alkanes of at least 4 members (excludes halogenated alkanes) is 22. The summed E-state index contributed by atoms with van der Waals surface area (Å²) in [4.78, 5) is 12.3. The molecule has 0 bridgehead atoms. The van der Waals surface area contributed by atoms with E-state index in [0.717, 1.165) is 64.2 Å². The van der Waals surface area contributed by atoms with Crippen molar-refractivity contribution in [1.82, 2.24) is 5.32 Å². The van der Waals surface area contributed by atoms with Crippen LogP contribution in [0.15, 0.2) is 36.5 Å². The Morgan fingerprint density at radius 2 is 0.894 bits per heavy atom. The van der Waals surface area contributed by atoms with Crippen molar-refractivity contribution in [3.8, 4) is 0 Å². The Bertz CT molecular complexity index is 734. The van der Waals surface area contributed by atoms with Gasteiger partial charge in [0, 0.05) is 6.42 Å². The Hall–Kier alpha value is -1.43. The van der Waals surface area contributed by atoms with Crippen molar-refractivity contribution in [3.05, 3.63) is 36.5 Å². The van der Waals surface area contributed by atoms with Gasteiger partial charge in [-0.1, -0.05) is 159 Å². The van der Waals surface area contributed by atoms with Crippen LogP contribution in [0.2, 0.25) is 0 Å². The van der Waals surface area contributed by atoms with Crippen LogP contribution in [0.5, 0.6) is 0 Å². The summed E-state index contributed by atoms with van der Waals surface area (Å²) in [6.45, 7) is 4.10. The molecule has 5 nitrogen and oxygen atoms in total. The van der Waals surface area contributed by atoms with Gasteiger partial charge in [0.15, 0.2) is 0 Å². The lowest BCUT2D eigenvalue weighted by Gasteiger charge is -2.26. The second-order valence-corrected chi connectivity index (χ2v) is 13.8. The number of aliphatic hydroxyl groups excluding tert-OH is 3. The first kappa shape index (κ1) is 45.6. The summed E-state index contributed by atoms with van der Waals surface area (Å²) in [5, 5.41) is 33.3. The first-order valence-electron chi connectivity index (χ1n) is 20.3. The Kier molecular flexibility index (Phi) is 36.3. The Morgan fingerprint density at radius 1 is 0.511 bits per heavy atom. The minimum Gasteiger partial charge on any atom is -0.394 e. The summed E-state index contributed by atoms with van der Waals surface area (Å²) in [6, 6.07) is -0.836. The highest BCUT2D eigenvalue weighted by atomic mass is 16.3. The molecule has 4 N–H and O–H groups in total. The van der Waals surface area contributed by atoms with Crippen LogP contribution in [0.25, 0.3) is 0 Å². The molecule has 3 atom stereocenters. The van der Waals surface area contributed by atoms with Gasteiger partial charge in [0.25, 0.3) is 0 Å². The molecule has 276 valence electrons. The van der Waals surface area contributed by atoms with Crippen molar-refractivity contribution in [3.63, 3.8) is 0 Å². The van der Waals surface area contributed by atoms with Crippen LogP contribution < -0.4 is 5.32 Å². The van der Waals surface area contributed by atoms with Crippen molar-refractivity contribution in [2.75, 3.05) is 6.61 Å². The van der Waals surface area contributed by atoms with E-state index in [1.54, 1.807) is 0 Å². The molecule has 0 aliphatic carbocycles. The molecule has 0 rings (SSSR count). The third kappa shape index (κ3) is 32.9. The molecule has 0 heterocycles. The summed E-state index contributed by atoms with van der Waals surface area (Å²) in [7, 11) is 0. The van der Waals surface area contributed by atoms with E-state index >= 15 is 0 Å². The predicted octanol–water partition coefficient (Wildman–Crippen LogP) is 11.2. The standard InChI is InChI=1S/C42H79NO4/c1-3-5-7-9-11-13-15-16-17-18-19-20-21-22-23-24-25-26-27-28-30-32-34-36-40(45)42(47)39(38-44)43-41(46)37-35-33-31-29-14-12-10-8-6-4-2/h10,12,24-25,28,30,39-40,42,44-45,47H,3-9,11,13-23,26-27,29,31-38H2,1-2H3,(H,43,46)/b12-10-,25-24+,30-28+. The summed E-state index contributed by atoms with van der Waals surface area (Å²) in [5.41, 5.74) is 0. The molecule has 0 saturated carbocycles. The molecular weight excluding hydrogens is 582 g/mol. The number of hydrogen-bond acceptors (Lipinski definition) is 4. The molecule has 3 unspecified atom stereocenters. The first-order chi connectivity index (χ1) is 23.1. The van der Waals surface area contributed by atoms with Gasteiger partial charge < -0.3 is 20.6 Å². The number of rotatable bonds is 36. The molecule has 0 aromatic carbocycles. The second-order valence-electron chi connectivity index (χ2n) is 13.8. The highest BCUT2D eigenvalue weighted by Gasteiger charge is 2.26. The predicted molar refractivity (Wildman–Crippen MR) is 204 cm³/mol. The van der Waals surface area contributed by atoms with Crippen LogP contribution >= 0.6 is 0 Å². The number of aliphatic hydroxyl groups is 3. The van der Waals surface area contributed by atoms with Gasteiger partial charge in [-0.15, -0.1) is 0 Å². The third-order valence-corrected chi connectivity index (χ3v) is 9.19. The molecule has 47 heavy (non-hydrogen) atoms. The van der Waals surface area contributed by atoms with Crippen LogP contribution in [-0.2, 0) is 4.79 Å². The maximum atomic E-state index is 12.3. The minimum absolute atomic E-state index is 0.175. The van der Waals surface area contributed by atoms with E-state index in [4.69, 9.17) is 0 Å². The molecule has 5 heteroatoms. The summed E-state index contributed by atoms with van der Waals surface area (Å²) in [6.07, 6.45) is 45.5. The zero-order valence-corrected chi connectivity index (χ0v) is 31.2. The van der Waals surface area contributed by atoms with Crippen LogP contribution in [0, 0.1) is 0 Å². The number of nitrogens with one attached hydrogen (secondary N) is 1. The topological polar surface area (TPSA) is 89.8 Å². The van der Waals surface area contributed by atoms with Gasteiger partial charge in [-0.25, -0.2) is 0 Å². The first-order valence-corrected chi connectivity index (χ1v) is 20.3. The Morgan fingerprint density at radius 3 is 1.36 bits per heavy atom. The average molecular weight is 662 g/mol. The van der Waals surface area contributed by atoms with E-state index in [-0.39, 0.29) is 12.5 Å². The molecule has 0 fully saturated rings. The lowest BCUT2D eigenvalue weighted by molar-refractivity contribution is -0.124. The van der Waals surface area contributed by atoms with Gasteiger partial charge in [0.1, 0.15) is 6.10 Å². The molecule has 1 amide bonds. The van der Waals surface area contributed by atoms with Gasteiger partial charge in [-0.3, -0.25) is 4.79 Å². The normalized spacial score (nSPS) is 14.1. The second kappa shape index (κ2) is 37.4. The van der Waals surface area contributed by atoms with Crippen LogP contribution in [0.4, 0.5) is 0 Å². The molecule has 0 radical (unpaired) electrons. The molecule has 0 aromatic rings. The molecule has 0 saturated heterocycles. The maximum absolute atomic E-state index is 12.3. The number of carbonyl (C=O) groups is 1. The van der Waals surface area contributed by atoms with Crippen LogP contribution in [0.1, 0.15) is 200 Å². The monoisotopic (exact) mass is 662 g/mol. The van der Waals surface area contributed by atoms with E-state index in [1.807, 2.05) is 0 Å². The fourth-order valence-corrected chi connectivity index (χ4v) is 5.98. The zero-order valence-electron chi connectivity index (χ0n) is 31.2. The third-order valence-electron chi connectivity index (χ3n) is 9.19. The number of hydrogen-bond donors (Lipinski definition) is 4. The summed E-state index contributed by atoms with van der Waals surface area (Å²) >= 11 is 0. The summed E-state index contributed by atoms with van der Waals surface area (Å²) in [5.74, 6) is -0.175. The van der Waals surface area contributed by atoms with Gasteiger partial charge in [0.2, 0.25) is 5.91 Å². The lowest BCUT2D eigenvalue weighted by atomic mass is 10.0. The SMILES string of the molecule is CCCC/C=C\CCCCCCC(=O)NC(CO)C(O)C(O)CCC/C=C/CC/C=C/CCCCCCCCCCCCCCCC. The minimum atomic E-state index is -1.17. The molecule has 0 aliphatic rings. The Labute approximate surface area is 292 Å². The quantitative estimate of drug-likeness (QED) is 0.0397. The van der Waals surface area contributed by atoms with E-state index in [0.29, 0.717) is 12.8 Å². The molecule has 0 spiro atoms. The van der Waals surface area contributed by atoms with Crippen molar-refractivity contribution < 1.29 is 20.1 Å². The molecular formula is C42H79NO4. The highest BCUT2D eigenvalue weighted by Crippen LogP contribution is 2.14. The molecule has 0 aromatic heterocycles. The Balaban J connectivity index is 3.69. The van der Waals surface area contributed by atoms with Crippen LogP contribution in [-0.4, -0.2) is 46.1 Å². The van der Waals surface area contributed by atoms with Crippen molar-refractivity contribution in [2.24, 2.45) is 0 Å². The summed E-state index contributed by atoms with van der Waals surface area (Å²) < 4.78 is 0. The zero-order chi connectivity index (χ0) is 34.5. The van der Waals surface area contributed by atoms with Gasteiger partial charge in [-0.05, 0) is 70.6 Å². The fourth-order valence-electron chi connectivity index (χ4n) is 5.98. The average Bonchev–Trinajstić information content (AvgIpc) is 3.07.